The van der Waals surface area contributed by atoms with E-state index in [9.17, 15) is 8.42 Å². The van der Waals surface area contributed by atoms with E-state index in [2.05, 4.69) is 14.9 Å². The van der Waals surface area contributed by atoms with Crippen molar-refractivity contribution in [2.75, 3.05) is 7.11 Å². The molecule has 0 aliphatic heterocycles. The van der Waals surface area contributed by atoms with Crippen LogP contribution in [0, 0.1) is 13.8 Å². The molecule has 0 spiro atoms. The highest BCUT2D eigenvalue weighted by molar-refractivity contribution is 7.89. The molecule has 1 N–H and O–H groups in total. The van der Waals surface area contributed by atoms with Crippen LogP contribution in [0.4, 0.5) is 0 Å². The number of aryl methyl sites for hydroxylation is 2. The first-order chi connectivity index (χ1) is 11.4. The van der Waals surface area contributed by atoms with Gasteiger partial charge >= 0.3 is 0 Å². The largest absolute Gasteiger partial charge is 0.497 e. The zero-order chi connectivity index (χ0) is 17.3. The van der Waals surface area contributed by atoms with Gasteiger partial charge in [0.05, 0.1) is 18.6 Å². The Balaban J connectivity index is 1.86. The van der Waals surface area contributed by atoms with Crippen LogP contribution in [-0.4, -0.2) is 30.1 Å². The fourth-order valence-corrected chi connectivity index (χ4v) is 3.66. The highest BCUT2D eigenvalue weighted by Crippen LogP contribution is 2.21. The van der Waals surface area contributed by atoms with Gasteiger partial charge in [-0.2, -0.15) is 0 Å². The Hall–Kier alpha value is -2.45. The van der Waals surface area contributed by atoms with Crippen molar-refractivity contribution >= 4 is 15.7 Å². The first-order valence-corrected chi connectivity index (χ1v) is 8.83. The second kappa shape index (κ2) is 6.21. The summed E-state index contributed by atoms with van der Waals surface area (Å²) in [6.07, 6.45) is 1.87. The Labute approximate surface area is 140 Å². The van der Waals surface area contributed by atoms with Crippen LogP contribution in [0.2, 0.25) is 0 Å². The summed E-state index contributed by atoms with van der Waals surface area (Å²) >= 11 is 0. The lowest BCUT2D eigenvalue weighted by Gasteiger charge is -2.10. The van der Waals surface area contributed by atoms with Gasteiger partial charge in [-0.05, 0) is 49.2 Å². The molecule has 0 amide bonds. The number of ether oxygens (including phenoxy) is 1. The van der Waals surface area contributed by atoms with Gasteiger partial charge in [-0.1, -0.05) is 6.07 Å². The van der Waals surface area contributed by atoms with Gasteiger partial charge in [0.15, 0.2) is 11.5 Å². The molecule has 1 aromatic carbocycles. The van der Waals surface area contributed by atoms with Crippen LogP contribution in [-0.2, 0) is 16.6 Å². The van der Waals surface area contributed by atoms with Crippen LogP contribution in [0.3, 0.4) is 0 Å². The number of nitrogens with zero attached hydrogens (tertiary/aromatic N) is 3. The van der Waals surface area contributed by atoms with Crippen molar-refractivity contribution in [3.05, 3.63) is 53.5 Å². The second-order valence-electron chi connectivity index (χ2n) is 5.51. The molecule has 0 saturated heterocycles. The molecule has 3 aromatic rings. The van der Waals surface area contributed by atoms with Crippen molar-refractivity contribution in [1.82, 2.24) is 19.3 Å². The van der Waals surface area contributed by atoms with Crippen LogP contribution in [0.5, 0.6) is 5.75 Å². The maximum atomic E-state index is 12.5. The third-order valence-corrected chi connectivity index (χ3v) is 5.27. The molecule has 0 aliphatic carbocycles. The minimum absolute atomic E-state index is 0.0540. The van der Waals surface area contributed by atoms with E-state index in [-0.39, 0.29) is 11.4 Å². The fourth-order valence-electron chi connectivity index (χ4n) is 2.45. The quantitative estimate of drug-likeness (QED) is 0.762. The van der Waals surface area contributed by atoms with Gasteiger partial charge in [0.2, 0.25) is 10.0 Å². The molecular formula is C16H18N4O3S. The van der Waals surface area contributed by atoms with E-state index in [4.69, 9.17) is 4.74 Å². The molecule has 0 bridgehead atoms. The molecule has 2 aromatic heterocycles. The van der Waals surface area contributed by atoms with Gasteiger partial charge in [0, 0.05) is 6.20 Å². The highest BCUT2D eigenvalue weighted by atomic mass is 32.2. The van der Waals surface area contributed by atoms with E-state index >= 15 is 0 Å². The number of rotatable bonds is 5. The van der Waals surface area contributed by atoms with Gasteiger partial charge in [-0.25, -0.2) is 13.1 Å². The summed E-state index contributed by atoms with van der Waals surface area (Å²) in [4.78, 5) is 0.216. The van der Waals surface area contributed by atoms with Crippen molar-refractivity contribution in [1.29, 1.82) is 0 Å². The lowest BCUT2D eigenvalue weighted by Crippen LogP contribution is -2.25. The zero-order valence-electron chi connectivity index (χ0n) is 13.6. The monoisotopic (exact) mass is 346 g/mol. The number of methoxy groups -OCH3 is 1. The maximum Gasteiger partial charge on any atom is 0.241 e. The Morgan fingerprint density at radius 3 is 2.67 bits per heavy atom. The third kappa shape index (κ3) is 3.10. The summed E-state index contributed by atoms with van der Waals surface area (Å²) in [5, 5.41) is 8.08. The topological polar surface area (TPSA) is 85.6 Å². The number of benzene rings is 1. The number of nitrogens with one attached hydrogen (secondary N) is 1. The van der Waals surface area contributed by atoms with Crippen molar-refractivity contribution in [2.45, 2.75) is 25.3 Å². The summed E-state index contributed by atoms with van der Waals surface area (Å²) in [5.74, 6) is 1.15. The molecule has 0 aliphatic rings. The smallest absolute Gasteiger partial charge is 0.241 e. The normalized spacial score (nSPS) is 11.8. The molecule has 8 heteroatoms. The van der Waals surface area contributed by atoms with E-state index in [1.165, 1.54) is 6.07 Å². The Kier molecular flexibility index (Phi) is 4.25. The molecule has 0 unspecified atom stereocenters. The van der Waals surface area contributed by atoms with E-state index in [0.717, 1.165) is 5.56 Å². The summed E-state index contributed by atoms with van der Waals surface area (Å²) < 4.78 is 34.5. The van der Waals surface area contributed by atoms with E-state index in [1.807, 2.05) is 25.3 Å². The minimum atomic E-state index is -3.66. The molecule has 0 saturated carbocycles. The van der Waals surface area contributed by atoms with Crippen LogP contribution in [0.1, 0.15) is 17.0 Å². The minimum Gasteiger partial charge on any atom is -0.497 e. The first-order valence-electron chi connectivity index (χ1n) is 7.35. The van der Waals surface area contributed by atoms with Gasteiger partial charge in [0.25, 0.3) is 0 Å². The fraction of sp³-hybridized carbons (Fsp3) is 0.250. The molecule has 0 atom stereocenters. The van der Waals surface area contributed by atoms with E-state index in [0.29, 0.717) is 22.8 Å². The average Bonchev–Trinajstić information content (AvgIpc) is 2.94. The van der Waals surface area contributed by atoms with Crippen LogP contribution in [0.15, 0.2) is 41.4 Å². The molecule has 3 rings (SSSR count). The molecule has 7 nitrogen and oxygen atoms in total. The number of hydrogen-bond donors (Lipinski definition) is 1. The standard InChI is InChI=1S/C16H18N4O3S/c1-11-4-7-15-18-19-16(20(15)10-11)9-17-24(21,22)14-6-5-13(23-3)8-12(14)2/h4-8,10,17H,9H2,1-3H3. The molecule has 0 fully saturated rings. The number of pyridine rings is 1. The van der Waals surface area contributed by atoms with Crippen molar-refractivity contribution in [3.8, 4) is 5.75 Å². The molecule has 126 valence electrons. The van der Waals surface area contributed by atoms with Crippen LogP contribution >= 0.6 is 0 Å². The number of hydrogen-bond acceptors (Lipinski definition) is 5. The highest BCUT2D eigenvalue weighted by Gasteiger charge is 2.18. The lowest BCUT2D eigenvalue weighted by atomic mass is 10.2. The molecule has 24 heavy (non-hydrogen) atoms. The maximum absolute atomic E-state index is 12.5. The summed E-state index contributed by atoms with van der Waals surface area (Å²) in [6, 6.07) is 8.61. The molecule has 0 radical (unpaired) electrons. The van der Waals surface area contributed by atoms with E-state index < -0.39 is 10.0 Å². The van der Waals surface area contributed by atoms with Crippen molar-refractivity contribution in [2.24, 2.45) is 0 Å². The van der Waals surface area contributed by atoms with Gasteiger partial charge in [-0.15, -0.1) is 10.2 Å². The summed E-state index contributed by atoms with van der Waals surface area (Å²) in [6.45, 7) is 3.74. The number of sulfonamides is 1. The van der Waals surface area contributed by atoms with Gasteiger partial charge in [0.1, 0.15) is 5.75 Å². The zero-order valence-corrected chi connectivity index (χ0v) is 14.5. The Morgan fingerprint density at radius 1 is 1.17 bits per heavy atom. The van der Waals surface area contributed by atoms with Gasteiger partial charge < -0.3 is 4.74 Å². The SMILES string of the molecule is COc1ccc(S(=O)(=O)NCc2nnc3ccc(C)cn23)c(C)c1. The predicted molar refractivity (Wildman–Crippen MR) is 89.5 cm³/mol. The van der Waals surface area contributed by atoms with Crippen molar-refractivity contribution < 1.29 is 13.2 Å². The first kappa shape index (κ1) is 16.4. The third-order valence-electron chi connectivity index (χ3n) is 3.71. The summed E-state index contributed by atoms with van der Waals surface area (Å²) in [7, 11) is -2.12. The molecular weight excluding hydrogens is 328 g/mol. The Morgan fingerprint density at radius 2 is 1.96 bits per heavy atom. The van der Waals surface area contributed by atoms with Gasteiger partial charge in [-0.3, -0.25) is 4.40 Å². The second-order valence-corrected chi connectivity index (χ2v) is 7.24. The number of aromatic nitrogens is 3. The molecule has 2 heterocycles. The lowest BCUT2D eigenvalue weighted by molar-refractivity contribution is 0.414. The Bertz CT molecular complexity index is 996. The van der Waals surface area contributed by atoms with E-state index in [1.54, 1.807) is 30.6 Å². The van der Waals surface area contributed by atoms with Crippen molar-refractivity contribution in [3.63, 3.8) is 0 Å². The number of fused-ring (bicyclic) bond motifs is 1. The van der Waals surface area contributed by atoms with Crippen LogP contribution in [0.25, 0.3) is 5.65 Å². The summed E-state index contributed by atoms with van der Waals surface area (Å²) in [5.41, 5.74) is 2.33. The average molecular weight is 346 g/mol. The predicted octanol–water partition coefficient (Wildman–Crippen LogP) is 1.83. The van der Waals surface area contributed by atoms with Crippen LogP contribution < -0.4 is 9.46 Å².